The predicted octanol–water partition coefficient (Wildman–Crippen LogP) is 0.915. The number of carboxylic acid groups (broad SMARTS) is 1. The van der Waals surface area contributed by atoms with Crippen LogP contribution in [-0.2, 0) is 10.5 Å². The van der Waals surface area contributed by atoms with Crippen LogP contribution in [0.4, 0.5) is 0 Å². The maximum absolute atomic E-state index is 10.1. The van der Waals surface area contributed by atoms with Crippen LogP contribution in [0.15, 0.2) is 17.1 Å². The van der Waals surface area contributed by atoms with Crippen molar-refractivity contribution in [3.63, 3.8) is 0 Å². The van der Waals surface area contributed by atoms with E-state index in [4.69, 9.17) is 5.11 Å². The second-order valence-corrected chi connectivity index (χ2v) is 3.26. The lowest BCUT2D eigenvalue weighted by atomic mass is 10.8. The lowest BCUT2D eigenvalue weighted by Gasteiger charge is -1.77. The summed E-state index contributed by atoms with van der Waals surface area (Å²) in [7, 11) is -0.229. The van der Waals surface area contributed by atoms with Crippen LogP contribution >= 0.6 is 10.5 Å². The predicted molar refractivity (Wildman–Crippen MR) is 34.4 cm³/mol. The molecule has 1 aromatic heterocycles. The molecule has 1 heterocycles. The topological polar surface area (TPSA) is 50.2 Å². The molecule has 4 heteroatoms. The fraction of sp³-hybridized carbons (Fsp3) is 0.200. The van der Waals surface area contributed by atoms with E-state index in [9.17, 15) is 4.79 Å². The zero-order chi connectivity index (χ0) is 6.69. The molecule has 0 amide bonds. The summed E-state index contributed by atoms with van der Waals surface area (Å²) >= 11 is 0. The Morgan fingerprint density at radius 2 is 2.56 bits per heavy atom. The van der Waals surface area contributed by atoms with Crippen molar-refractivity contribution < 1.29 is 9.90 Å². The molecule has 0 aliphatic heterocycles. The van der Waals surface area contributed by atoms with Gasteiger partial charge in [-0.1, -0.05) is 0 Å². The van der Waals surface area contributed by atoms with Crippen molar-refractivity contribution in [2.75, 3.05) is 0 Å². The average Bonchev–Trinajstić information content (AvgIpc) is 2.15. The third-order valence-electron chi connectivity index (χ3n) is 0.808. The Balaban J connectivity index is 2.58. The lowest BCUT2D eigenvalue weighted by Crippen LogP contribution is -1.92. The van der Waals surface area contributed by atoms with Gasteiger partial charge in [0.1, 0.15) is 0 Å². The van der Waals surface area contributed by atoms with E-state index in [0.717, 1.165) is 0 Å². The number of carbonyl (C=O) groups is 1. The molecule has 0 fully saturated rings. The molecule has 1 rings (SSSR count). The van der Waals surface area contributed by atoms with Gasteiger partial charge in [-0.3, -0.25) is 0 Å². The number of thiazole rings is 1. The van der Waals surface area contributed by atoms with E-state index in [1.54, 1.807) is 17.1 Å². The Bertz CT molecular complexity index is 195. The molecule has 0 saturated heterocycles. The van der Waals surface area contributed by atoms with Gasteiger partial charge < -0.3 is 5.11 Å². The van der Waals surface area contributed by atoms with Gasteiger partial charge in [-0.25, -0.2) is 9.78 Å². The number of hydrogen-bond acceptors (Lipinski definition) is 2. The summed E-state index contributed by atoms with van der Waals surface area (Å²) in [5.41, 5.74) is 1.66. The number of aliphatic carboxylic acids is 1. The first kappa shape index (κ1) is 6.22. The minimum absolute atomic E-state index is 0.181. The molecule has 48 valence electrons. The second kappa shape index (κ2) is 2.59. The molecule has 1 atom stereocenters. The normalized spacial score (nSPS) is 11.3. The molecule has 1 unspecified atom stereocenters. The molecular formula is C5H6NO2S+. The van der Waals surface area contributed by atoms with Crippen LogP contribution in [0, 0.1) is 0 Å². The van der Waals surface area contributed by atoms with Crippen molar-refractivity contribution in [3.05, 3.63) is 17.1 Å². The molecule has 0 bridgehead atoms. The van der Waals surface area contributed by atoms with E-state index in [1.807, 2.05) is 0 Å². The third kappa shape index (κ3) is 1.81. The molecule has 0 saturated carbocycles. The van der Waals surface area contributed by atoms with E-state index in [0.29, 0.717) is 0 Å². The van der Waals surface area contributed by atoms with Crippen molar-refractivity contribution in [3.8, 4) is 0 Å². The van der Waals surface area contributed by atoms with Gasteiger partial charge >= 0.3 is 5.97 Å². The summed E-state index contributed by atoms with van der Waals surface area (Å²) in [4.78, 5) is 13.8. The number of hydrogen-bond donors (Lipinski definition) is 1. The number of aromatic nitrogens is 1. The highest BCUT2D eigenvalue weighted by Crippen LogP contribution is 2.14. The SMILES string of the molecule is O=C(O)C[s+]1ccnc1. The first-order valence-electron chi connectivity index (χ1n) is 2.39. The van der Waals surface area contributed by atoms with Crippen LogP contribution in [0.3, 0.4) is 0 Å². The first-order chi connectivity index (χ1) is 4.29. The quantitative estimate of drug-likeness (QED) is 0.628. The standard InChI is InChI=1S/C5H5NO2S/c7-5(8)3-9-2-1-6-4-9/h1-2,4H,3H2/p+1. The Morgan fingerprint density at radius 3 is 3.00 bits per heavy atom. The van der Waals surface area contributed by atoms with Gasteiger partial charge in [-0.2, -0.15) is 0 Å². The molecule has 0 radical (unpaired) electrons. The summed E-state index contributed by atoms with van der Waals surface area (Å²) in [6.45, 7) is 0. The highest BCUT2D eigenvalue weighted by atomic mass is 32.2. The second-order valence-electron chi connectivity index (χ2n) is 1.55. The Hall–Kier alpha value is -0.900. The van der Waals surface area contributed by atoms with Crippen LogP contribution in [0.25, 0.3) is 0 Å². The van der Waals surface area contributed by atoms with Crippen molar-refractivity contribution >= 4 is 16.4 Å². The van der Waals surface area contributed by atoms with Crippen molar-refractivity contribution in [1.82, 2.24) is 4.98 Å². The average molecular weight is 144 g/mol. The Kier molecular flexibility index (Phi) is 1.79. The largest absolute Gasteiger partial charge is 0.477 e. The van der Waals surface area contributed by atoms with Crippen LogP contribution in [0.1, 0.15) is 0 Å². The minimum Gasteiger partial charge on any atom is -0.477 e. The zero-order valence-corrected chi connectivity index (χ0v) is 5.47. The van der Waals surface area contributed by atoms with Crippen LogP contribution < -0.4 is 0 Å². The van der Waals surface area contributed by atoms with Crippen LogP contribution in [-0.4, -0.2) is 16.1 Å². The molecule has 0 aliphatic rings. The summed E-state index contributed by atoms with van der Waals surface area (Å²) in [6.07, 6.45) is 1.63. The molecule has 9 heavy (non-hydrogen) atoms. The van der Waals surface area contributed by atoms with Crippen molar-refractivity contribution in [2.24, 2.45) is 0 Å². The van der Waals surface area contributed by atoms with Gasteiger partial charge in [0.25, 0.3) is 0 Å². The molecular weight excluding hydrogens is 138 g/mol. The number of rotatable bonds is 2. The van der Waals surface area contributed by atoms with Gasteiger partial charge in [0.2, 0.25) is 11.3 Å². The minimum atomic E-state index is -0.767. The maximum Gasteiger partial charge on any atom is 0.358 e. The van der Waals surface area contributed by atoms with Crippen LogP contribution in [0.2, 0.25) is 0 Å². The van der Waals surface area contributed by atoms with Gasteiger partial charge in [-0.05, 0) is 0 Å². The van der Waals surface area contributed by atoms with Crippen molar-refractivity contribution in [1.29, 1.82) is 0 Å². The smallest absolute Gasteiger partial charge is 0.358 e. The molecule has 1 aromatic rings. The highest BCUT2D eigenvalue weighted by molar-refractivity contribution is 7.28. The first-order valence-corrected chi connectivity index (χ1v) is 3.91. The lowest BCUT2D eigenvalue weighted by molar-refractivity contribution is -0.135. The summed E-state index contributed by atoms with van der Waals surface area (Å²) < 4.78 is 0. The monoisotopic (exact) mass is 144 g/mol. The maximum atomic E-state index is 10.1. The molecule has 0 aliphatic carbocycles. The summed E-state index contributed by atoms with van der Waals surface area (Å²) in [5.74, 6) is -0.587. The van der Waals surface area contributed by atoms with E-state index in [-0.39, 0.29) is 16.2 Å². The number of carboxylic acids is 1. The van der Waals surface area contributed by atoms with Gasteiger partial charge in [0.15, 0.2) is 5.38 Å². The van der Waals surface area contributed by atoms with E-state index >= 15 is 0 Å². The zero-order valence-electron chi connectivity index (χ0n) is 4.65. The number of nitrogens with zero attached hydrogens (tertiary/aromatic N) is 1. The molecule has 3 nitrogen and oxygen atoms in total. The van der Waals surface area contributed by atoms with E-state index in [2.05, 4.69) is 4.98 Å². The van der Waals surface area contributed by atoms with Gasteiger partial charge in [0.05, 0.1) is 6.20 Å². The fourth-order valence-electron chi connectivity index (χ4n) is 0.490. The van der Waals surface area contributed by atoms with Gasteiger partial charge in [0, 0.05) is 10.5 Å². The summed E-state index contributed by atoms with van der Waals surface area (Å²) in [5, 5.41) is 10.1. The molecule has 1 N–H and O–H groups in total. The Morgan fingerprint density at radius 1 is 1.78 bits per heavy atom. The fourth-order valence-corrected chi connectivity index (χ4v) is 1.47. The van der Waals surface area contributed by atoms with E-state index in [1.165, 1.54) is 0 Å². The molecule has 0 aromatic carbocycles. The highest BCUT2D eigenvalue weighted by Gasteiger charge is 2.07. The van der Waals surface area contributed by atoms with E-state index < -0.39 is 5.97 Å². The van der Waals surface area contributed by atoms with Crippen molar-refractivity contribution in [2.45, 2.75) is 5.75 Å². The molecule has 0 spiro atoms. The van der Waals surface area contributed by atoms with Crippen LogP contribution in [0.5, 0.6) is 0 Å². The Labute approximate surface area is 54.9 Å². The van der Waals surface area contributed by atoms with Gasteiger partial charge in [-0.15, -0.1) is 0 Å². The summed E-state index contributed by atoms with van der Waals surface area (Å²) in [6, 6.07) is 0. The third-order valence-corrected chi connectivity index (χ3v) is 2.25.